The van der Waals surface area contributed by atoms with Crippen molar-refractivity contribution in [1.82, 2.24) is 9.72 Å². The number of fused-ring (bicyclic) bond motifs is 2. The van der Waals surface area contributed by atoms with Crippen molar-refractivity contribution >= 4 is 27.7 Å². The van der Waals surface area contributed by atoms with Gasteiger partial charge in [0.2, 0.25) is 11.1 Å². The Labute approximate surface area is 179 Å². The van der Waals surface area contributed by atoms with E-state index < -0.39 is 22.6 Å². The summed E-state index contributed by atoms with van der Waals surface area (Å²) in [5, 5.41) is 10.9. The van der Waals surface area contributed by atoms with E-state index in [-0.39, 0.29) is 46.8 Å². The number of H-pyrrole nitrogens is 1. The van der Waals surface area contributed by atoms with E-state index in [0.717, 1.165) is 6.07 Å². The van der Waals surface area contributed by atoms with Crippen LogP contribution in [-0.2, 0) is 0 Å². The van der Waals surface area contributed by atoms with Crippen molar-refractivity contribution in [3.8, 4) is 11.4 Å². The molecule has 3 heterocycles. The molecular weight excluding hydrogens is 424 g/mol. The lowest BCUT2D eigenvalue weighted by Crippen LogP contribution is -2.24. The van der Waals surface area contributed by atoms with Crippen molar-refractivity contribution in [3.63, 3.8) is 0 Å². The van der Waals surface area contributed by atoms with E-state index >= 15 is 8.78 Å². The molecule has 1 aliphatic heterocycles. The number of nitrogens with one attached hydrogen (secondary N) is 1. The first-order valence-electron chi connectivity index (χ1n) is 10.0. The highest BCUT2D eigenvalue weighted by molar-refractivity contribution is 5.95. The maximum atomic E-state index is 16.0. The number of hydrogen-bond donors (Lipinski definition) is 2. The monoisotopic (exact) mass is 443 g/mol. The molecule has 2 aromatic heterocycles. The van der Waals surface area contributed by atoms with Crippen LogP contribution in [0.25, 0.3) is 27.7 Å². The van der Waals surface area contributed by atoms with Crippen LogP contribution in [0.15, 0.2) is 44.4 Å². The SMILES string of the molecule is COc1ccc(-n2c3o[nH]c(=O)c3c(=O)c3cc(F)c(N4CCC(CO)C4)c(F)c32)cc1. The number of aromatic nitrogens is 2. The van der Waals surface area contributed by atoms with Crippen molar-refractivity contribution in [3.05, 3.63) is 62.5 Å². The number of anilines is 1. The lowest BCUT2D eigenvalue weighted by molar-refractivity contribution is 0.238. The van der Waals surface area contributed by atoms with Crippen LogP contribution >= 0.6 is 0 Å². The van der Waals surface area contributed by atoms with Crippen LogP contribution in [0.2, 0.25) is 0 Å². The molecule has 5 rings (SSSR count). The van der Waals surface area contributed by atoms with Gasteiger partial charge in [0, 0.05) is 31.3 Å². The third kappa shape index (κ3) is 2.90. The Hall–Kier alpha value is -3.66. The Morgan fingerprint density at radius 1 is 1.25 bits per heavy atom. The summed E-state index contributed by atoms with van der Waals surface area (Å²) < 4.78 is 42.7. The van der Waals surface area contributed by atoms with E-state index in [0.29, 0.717) is 24.4 Å². The summed E-state index contributed by atoms with van der Waals surface area (Å²) in [5.41, 5.74) is -1.90. The Kier molecular flexibility index (Phi) is 4.74. The first-order chi connectivity index (χ1) is 15.4. The van der Waals surface area contributed by atoms with Gasteiger partial charge < -0.3 is 19.3 Å². The van der Waals surface area contributed by atoms with Crippen LogP contribution in [0.1, 0.15) is 6.42 Å². The fourth-order valence-electron chi connectivity index (χ4n) is 4.33. The lowest BCUT2D eigenvalue weighted by Gasteiger charge is -2.22. The molecule has 1 atom stereocenters. The topological polar surface area (TPSA) is 101 Å². The van der Waals surface area contributed by atoms with Crippen LogP contribution < -0.4 is 20.6 Å². The highest BCUT2D eigenvalue weighted by Gasteiger charge is 2.30. The summed E-state index contributed by atoms with van der Waals surface area (Å²) in [6, 6.07) is 7.42. The van der Waals surface area contributed by atoms with Crippen molar-refractivity contribution in [2.45, 2.75) is 6.42 Å². The number of nitrogens with zero attached hydrogens (tertiary/aromatic N) is 2. The summed E-state index contributed by atoms with van der Waals surface area (Å²) >= 11 is 0. The van der Waals surface area contributed by atoms with Gasteiger partial charge in [0.1, 0.15) is 17.3 Å². The van der Waals surface area contributed by atoms with Gasteiger partial charge in [0.25, 0.3) is 5.56 Å². The summed E-state index contributed by atoms with van der Waals surface area (Å²) in [7, 11) is 1.50. The van der Waals surface area contributed by atoms with E-state index in [1.54, 1.807) is 24.3 Å². The van der Waals surface area contributed by atoms with Crippen LogP contribution in [0.4, 0.5) is 14.5 Å². The maximum absolute atomic E-state index is 16.0. The largest absolute Gasteiger partial charge is 0.497 e. The molecule has 1 saturated heterocycles. The lowest BCUT2D eigenvalue weighted by atomic mass is 10.1. The summed E-state index contributed by atoms with van der Waals surface area (Å²) in [6.45, 7) is 0.557. The summed E-state index contributed by atoms with van der Waals surface area (Å²) in [5.74, 6) is -1.41. The predicted octanol–water partition coefficient (Wildman–Crippen LogP) is 2.53. The zero-order valence-corrected chi connectivity index (χ0v) is 17.0. The van der Waals surface area contributed by atoms with E-state index in [2.05, 4.69) is 5.16 Å². The molecule has 0 saturated carbocycles. The minimum absolute atomic E-state index is 0.0843. The van der Waals surface area contributed by atoms with Gasteiger partial charge in [-0.05, 0) is 36.8 Å². The molecule has 0 aliphatic carbocycles. The van der Waals surface area contributed by atoms with Crippen molar-refractivity contribution in [2.24, 2.45) is 5.92 Å². The molecule has 2 N–H and O–H groups in total. The zero-order chi connectivity index (χ0) is 22.6. The van der Waals surface area contributed by atoms with Gasteiger partial charge in [-0.15, -0.1) is 0 Å². The molecule has 10 heteroatoms. The number of methoxy groups -OCH3 is 1. The van der Waals surface area contributed by atoms with Gasteiger partial charge in [-0.2, -0.15) is 5.16 Å². The van der Waals surface area contributed by atoms with Gasteiger partial charge in [0.15, 0.2) is 11.2 Å². The smallest absolute Gasteiger partial charge is 0.293 e. The Morgan fingerprint density at radius 3 is 2.66 bits per heavy atom. The molecule has 166 valence electrons. The molecule has 0 spiro atoms. The second kappa shape index (κ2) is 7.49. The van der Waals surface area contributed by atoms with Crippen LogP contribution in [0, 0.1) is 17.6 Å². The Bertz CT molecular complexity index is 1460. The number of halogens is 2. The third-order valence-corrected chi connectivity index (χ3v) is 5.94. The molecule has 8 nitrogen and oxygen atoms in total. The van der Waals surface area contributed by atoms with Gasteiger partial charge >= 0.3 is 0 Å². The highest BCUT2D eigenvalue weighted by Crippen LogP contribution is 2.35. The third-order valence-electron chi connectivity index (χ3n) is 5.94. The fourth-order valence-corrected chi connectivity index (χ4v) is 4.33. The number of pyridine rings is 1. The Balaban J connectivity index is 1.88. The normalized spacial score (nSPS) is 16.4. The van der Waals surface area contributed by atoms with Crippen LogP contribution in [0.5, 0.6) is 5.75 Å². The first-order valence-corrected chi connectivity index (χ1v) is 10.0. The van der Waals surface area contributed by atoms with Crippen molar-refractivity contribution in [2.75, 3.05) is 31.7 Å². The van der Waals surface area contributed by atoms with E-state index in [1.807, 2.05) is 0 Å². The van der Waals surface area contributed by atoms with Crippen molar-refractivity contribution < 1.29 is 23.1 Å². The fraction of sp³-hybridized carbons (Fsp3) is 0.273. The number of aromatic amines is 1. The summed E-state index contributed by atoms with van der Waals surface area (Å²) in [4.78, 5) is 26.8. The summed E-state index contributed by atoms with van der Waals surface area (Å²) in [6.07, 6.45) is 0.588. The minimum atomic E-state index is -0.947. The quantitative estimate of drug-likeness (QED) is 0.503. The molecule has 0 amide bonds. The zero-order valence-electron chi connectivity index (χ0n) is 17.0. The average Bonchev–Trinajstić information content (AvgIpc) is 3.42. The minimum Gasteiger partial charge on any atom is -0.497 e. The second-order valence-electron chi connectivity index (χ2n) is 7.78. The molecule has 32 heavy (non-hydrogen) atoms. The number of aliphatic hydroxyl groups is 1. The van der Waals surface area contributed by atoms with Gasteiger partial charge in [-0.25, -0.2) is 8.78 Å². The molecule has 0 radical (unpaired) electrons. The van der Waals surface area contributed by atoms with Gasteiger partial charge in [-0.1, -0.05) is 0 Å². The van der Waals surface area contributed by atoms with Crippen LogP contribution in [-0.4, -0.2) is 41.6 Å². The highest BCUT2D eigenvalue weighted by atomic mass is 19.1. The molecule has 0 bridgehead atoms. The number of aliphatic hydroxyl groups excluding tert-OH is 1. The maximum Gasteiger partial charge on any atom is 0.293 e. The number of hydrogen-bond acceptors (Lipinski definition) is 6. The van der Waals surface area contributed by atoms with Gasteiger partial charge in [-0.3, -0.25) is 14.2 Å². The second-order valence-corrected chi connectivity index (χ2v) is 7.78. The van der Waals surface area contributed by atoms with Crippen molar-refractivity contribution in [1.29, 1.82) is 0 Å². The van der Waals surface area contributed by atoms with E-state index in [9.17, 15) is 14.7 Å². The molecule has 1 fully saturated rings. The number of rotatable bonds is 4. The number of ether oxygens (including phenoxy) is 1. The van der Waals surface area contributed by atoms with E-state index in [1.165, 1.54) is 16.6 Å². The van der Waals surface area contributed by atoms with E-state index in [4.69, 9.17) is 9.26 Å². The molecule has 4 aromatic rings. The molecular formula is C22H19F2N3O5. The Morgan fingerprint density at radius 2 is 2.00 bits per heavy atom. The molecule has 2 aromatic carbocycles. The standard InChI is InChI=1S/C22H19F2N3O5/c1-31-13-4-2-12(3-5-13)27-18-14(20(29)16-21(30)25-32-22(16)27)8-15(23)19(17(18)24)26-7-6-11(9-26)10-28/h2-5,8,11,28H,6-7,9-10H2,1H3,(H,25,30). The molecule has 1 aliphatic rings. The predicted molar refractivity (Wildman–Crippen MR) is 114 cm³/mol. The first kappa shape index (κ1) is 20.3. The van der Waals surface area contributed by atoms with Crippen LogP contribution in [0.3, 0.4) is 0 Å². The number of benzene rings is 2. The average molecular weight is 443 g/mol. The molecule has 1 unspecified atom stereocenters. The van der Waals surface area contributed by atoms with Gasteiger partial charge in [0.05, 0.1) is 18.0 Å².